The molecule has 0 heterocycles. The third-order valence-corrected chi connectivity index (χ3v) is 4.02. The van der Waals surface area contributed by atoms with Crippen molar-refractivity contribution in [2.24, 2.45) is 5.10 Å². The first-order valence-corrected chi connectivity index (χ1v) is 8.31. The van der Waals surface area contributed by atoms with E-state index in [1.54, 1.807) is 7.11 Å². The lowest BCUT2D eigenvalue weighted by molar-refractivity contribution is 0.415. The maximum atomic E-state index is 5.27. The maximum Gasteiger partial charge on any atom is 0.191 e. The van der Waals surface area contributed by atoms with Gasteiger partial charge < -0.3 is 10.1 Å². The first-order valence-electron chi connectivity index (χ1n) is 7.90. The number of nitrogens with zero attached hydrogens (tertiary/aromatic N) is 1. The average Bonchev–Trinajstić information content (AvgIpc) is 2.66. The second-order valence-electron chi connectivity index (χ2n) is 5.56. The molecular formula is C20H19N3OS. The fourth-order valence-corrected chi connectivity index (χ4v) is 2.62. The summed E-state index contributed by atoms with van der Waals surface area (Å²) in [6, 6.07) is 22.0. The molecule has 126 valence electrons. The zero-order valence-electron chi connectivity index (χ0n) is 14.1. The van der Waals surface area contributed by atoms with E-state index in [1.165, 1.54) is 0 Å². The minimum atomic E-state index is 0.455. The van der Waals surface area contributed by atoms with Gasteiger partial charge >= 0.3 is 0 Å². The quantitative estimate of drug-likeness (QED) is 0.412. The molecule has 0 bridgehead atoms. The van der Waals surface area contributed by atoms with Crippen LogP contribution in [0.5, 0.6) is 5.75 Å². The number of ether oxygens (including phenoxy) is 1. The Morgan fingerprint density at radius 2 is 1.68 bits per heavy atom. The zero-order valence-corrected chi connectivity index (χ0v) is 14.9. The van der Waals surface area contributed by atoms with E-state index in [2.05, 4.69) is 28.0 Å². The molecule has 5 heteroatoms. The topological polar surface area (TPSA) is 45.6 Å². The van der Waals surface area contributed by atoms with Crippen molar-refractivity contribution in [2.75, 3.05) is 12.4 Å². The van der Waals surface area contributed by atoms with Gasteiger partial charge in [-0.1, -0.05) is 36.4 Å². The summed E-state index contributed by atoms with van der Waals surface area (Å²) >= 11 is 5.27. The van der Waals surface area contributed by atoms with Crippen molar-refractivity contribution >= 4 is 39.5 Å². The van der Waals surface area contributed by atoms with Crippen LogP contribution in [0.3, 0.4) is 0 Å². The van der Waals surface area contributed by atoms with E-state index in [4.69, 9.17) is 17.0 Å². The molecule has 0 aromatic heterocycles. The van der Waals surface area contributed by atoms with Crippen LogP contribution in [0.4, 0.5) is 5.69 Å². The summed E-state index contributed by atoms with van der Waals surface area (Å²) in [5.41, 5.74) is 5.70. The highest BCUT2D eigenvalue weighted by Gasteiger charge is 2.02. The number of nitrogens with one attached hydrogen (secondary N) is 2. The van der Waals surface area contributed by atoms with Gasteiger partial charge in [-0.15, -0.1) is 0 Å². The van der Waals surface area contributed by atoms with Gasteiger partial charge in [-0.25, -0.2) is 0 Å². The Morgan fingerprint density at radius 3 is 2.44 bits per heavy atom. The molecule has 0 fully saturated rings. The van der Waals surface area contributed by atoms with Crippen LogP contribution >= 0.6 is 12.2 Å². The first-order chi connectivity index (χ1) is 12.2. The molecule has 0 amide bonds. The van der Waals surface area contributed by atoms with Crippen LogP contribution in [-0.2, 0) is 0 Å². The highest BCUT2D eigenvalue weighted by atomic mass is 32.1. The van der Waals surface area contributed by atoms with Crippen molar-refractivity contribution in [3.63, 3.8) is 0 Å². The molecule has 0 aliphatic heterocycles. The molecular weight excluding hydrogens is 330 g/mol. The molecule has 0 saturated heterocycles. The minimum absolute atomic E-state index is 0.455. The Hall–Kier alpha value is -2.92. The van der Waals surface area contributed by atoms with Crippen molar-refractivity contribution in [2.45, 2.75) is 6.92 Å². The normalized spacial score (nSPS) is 11.2. The summed E-state index contributed by atoms with van der Waals surface area (Å²) in [4.78, 5) is 0. The van der Waals surface area contributed by atoms with Crippen LogP contribution in [0.2, 0.25) is 0 Å². The number of hydrogen-bond acceptors (Lipinski definition) is 3. The number of benzene rings is 3. The van der Waals surface area contributed by atoms with Crippen LogP contribution in [0.1, 0.15) is 12.5 Å². The molecule has 3 aromatic rings. The van der Waals surface area contributed by atoms with Crippen molar-refractivity contribution in [1.82, 2.24) is 5.43 Å². The molecule has 4 nitrogen and oxygen atoms in total. The van der Waals surface area contributed by atoms with Crippen LogP contribution < -0.4 is 15.5 Å². The fraction of sp³-hybridized carbons (Fsp3) is 0.100. The van der Waals surface area contributed by atoms with Gasteiger partial charge in [0.15, 0.2) is 5.11 Å². The number of methoxy groups -OCH3 is 1. The third-order valence-electron chi connectivity index (χ3n) is 3.82. The maximum absolute atomic E-state index is 5.27. The van der Waals surface area contributed by atoms with Gasteiger partial charge in [-0.2, -0.15) is 5.10 Å². The highest BCUT2D eigenvalue weighted by Crippen LogP contribution is 2.22. The molecule has 0 saturated carbocycles. The standard InChI is InChI=1S/C20H19N3OS/c1-14(22-23-20(25)21-18-6-4-3-5-7-18)15-8-9-17-13-19(24-2)11-10-16(17)12-15/h3-13H,1-2H3,(H2,21,23,25)/b22-14+. The third kappa shape index (κ3) is 4.33. The largest absolute Gasteiger partial charge is 0.497 e. The second-order valence-corrected chi connectivity index (χ2v) is 5.97. The number of fused-ring (bicyclic) bond motifs is 1. The zero-order chi connectivity index (χ0) is 17.6. The van der Waals surface area contributed by atoms with E-state index >= 15 is 0 Å². The number of thiocarbonyl (C=S) groups is 1. The summed E-state index contributed by atoms with van der Waals surface area (Å²) in [5, 5.41) is 10.2. The van der Waals surface area contributed by atoms with E-state index in [-0.39, 0.29) is 0 Å². The SMILES string of the molecule is COc1ccc2cc(/C(C)=N/NC(=S)Nc3ccccc3)ccc2c1. The van der Waals surface area contributed by atoms with Gasteiger partial charge in [-0.05, 0) is 65.8 Å². The van der Waals surface area contributed by atoms with Crippen LogP contribution in [-0.4, -0.2) is 17.9 Å². The van der Waals surface area contributed by atoms with Crippen LogP contribution in [0.25, 0.3) is 10.8 Å². The lowest BCUT2D eigenvalue weighted by atomic mass is 10.0. The monoisotopic (exact) mass is 349 g/mol. The van der Waals surface area contributed by atoms with Crippen LogP contribution in [0, 0.1) is 0 Å². The smallest absolute Gasteiger partial charge is 0.191 e. The molecule has 0 aliphatic rings. The Labute approximate surface area is 152 Å². The summed E-state index contributed by atoms with van der Waals surface area (Å²) in [5.74, 6) is 0.852. The number of rotatable bonds is 4. The molecule has 0 atom stereocenters. The minimum Gasteiger partial charge on any atom is -0.497 e. The van der Waals surface area contributed by atoms with Crippen LogP contribution in [0.15, 0.2) is 71.8 Å². The molecule has 0 radical (unpaired) electrons. The van der Waals surface area contributed by atoms with Gasteiger partial charge in [0, 0.05) is 5.69 Å². The highest BCUT2D eigenvalue weighted by molar-refractivity contribution is 7.80. The molecule has 3 rings (SSSR count). The van der Waals surface area contributed by atoms with E-state index < -0.39 is 0 Å². The first kappa shape index (κ1) is 16.9. The Morgan fingerprint density at radius 1 is 0.960 bits per heavy atom. The van der Waals surface area contributed by atoms with E-state index in [0.29, 0.717) is 5.11 Å². The molecule has 2 N–H and O–H groups in total. The van der Waals surface area contributed by atoms with Gasteiger partial charge in [-0.3, -0.25) is 5.43 Å². The summed E-state index contributed by atoms with van der Waals surface area (Å²) in [6.45, 7) is 1.95. The Kier molecular flexibility index (Phi) is 5.26. The Balaban J connectivity index is 1.71. The van der Waals surface area contributed by atoms with Crippen molar-refractivity contribution < 1.29 is 4.74 Å². The van der Waals surface area contributed by atoms with Crippen molar-refractivity contribution in [3.05, 3.63) is 72.3 Å². The Bertz CT molecular complexity index is 923. The van der Waals surface area contributed by atoms with Crippen molar-refractivity contribution in [1.29, 1.82) is 0 Å². The number of para-hydroxylation sites is 1. The predicted molar refractivity (Wildman–Crippen MR) is 109 cm³/mol. The lowest BCUT2D eigenvalue weighted by Crippen LogP contribution is -2.24. The summed E-state index contributed by atoms with van der Waals surface area (Å²) in [7, 11) is 1.67. The number of hydrogen-bond donors (Lipinski definition) is 2. The number of hydrazone groups is 1. The second kappa shape index (κ2) is 7.77. The molecule has 25 heavy (non-hydrogen) atoms. The van der Waals surface area contributed by atoms with Gasteiger partial charge in [0.1, 0.15) is 5.75 Å². The van der Waals surface area contributed by atoms with Gasteiger partial charge in [0.05, 0.1) is 12.8 Å². The van der Waals surface area contributed by atoms with E-state index in [9.17, 15) is 0 Å². The predicted octanol–water partition coefficient (Wildman–Crippen LogP) is 4.56. The van der Waals surface area contributed by atoms with E-state index in [0.717, 1.165) is 33.5 Å². The van der Waals surface area contributed by atoms with Gasteiger partial charge in [0.25, 0.3) is 0 Å². The average molecular weight is 349 g/mol. The van der Waals surface area contributed by atoms with Gasteiger partial charge in [0.2, 0.25) is 0 Å². The number of anilines is 1. The molecule has 0 spiro atoms. The fourth-order valence-electron chi connectivity index (χ4n) is 2.46. The lowest BCUT2D eigenvalue weighted by Gasteiger charge is -2.09. The summed E-state index contributed by atoms with van der Waals surface area (Å²) < 4.78 is 5.26. The molecule has 3 aromatic carbocycles. The molecule has 0 unspecified atom stereocenters. The molecule has 0 aliphatic carbocycles. The van der Waals surface area contributed by atoms with Crippen molar-refractivity contribution in [3.8, 4) is 5.75 Å². The summed E-state index contributed by atoms with van der Waals surface area (Å²) in [6.07, 6.45) is 0. The van der Waals surface area contributed by atoms with E-state index in [1.807, 2.05) is 61.5 Å².